The van der Waals surface area contributed by atoms with Gasteiger partial charge in [-0.05, 0) is 41.5 Å². The summed E-state index contributed by atoms with van der Waals surface area (Å²) in [4.78, 5) is 32.9. The molecule has 1 heterocycles. The number of hydrogen-bond donors (Lipinski definition) is 4. The topological polar surface area (TPSA) is 155 Å². The van der Waals surface area contributed by atoms with Crippen molar-refractivity contribution in [2.24, 2.45) is 10.9 Å². The van der Waals surface area contributed by atoms with E-state index in [0.29, 0.717) is 17.0 Å². The summed E-state index contributed by atoms with van der Waals surface area (Å²) in [5, 5.41) is 34.4. The first-order valence-electron chi connectivity index (χ1n) is 11.8. The lowest BCUT2D eigenvalue weighted by Gasteiger charge is -2.36. The standard InChI is InChI=1S/C28H29N3O7/c1-37-25-6-4-3-5-21(25)17-7-9-18(10-8-17)26(35)31-16-20(30-38-2)14-28(31,27(29)36)15-24(34)19-11-12-22(32)23(33)13-19/h3-13,24,32-34H,14-16H2,1-2H3,(H2,29,36). The minimum Gasteiger partial charge on any atom is -0.504 e. The first kappa shape index (κ1) is 26.5. The summed E-state index contributed by atoms with van der Waals surface area (Å²) < 4.78 is 5.43. The quantitative estimate of drug-likeness (QED) is 0.263. The van der Waals surface area contributed by atoms with Gasteiger partial charge in [-0.15, -0.1) is 0 Å². The number of aliphatic hydroxyl groups is 1. The third-order valence-electron chi connectivity index (χ3n) is 6.74. The van der Waals surface area contributed by atoms with Crippen LogP contribution in [0.4, 0.5) is 0 Å². The first-order chi connectivity index (χ1) is 18.2. The van der Waals surface area contributed by atoms with Gasteiger partial charge < -0.3 is 35.5 Å². The predicted molar refractivity (Wildman–Crippen MR) is 140 cm³/mol. The Balaban J connectivity index is 1.68. The van der Waals surface area contributed by atoms with E-state index in [1.54, 1.807) is 31.4 Å². The van der Waals surface area contributed by atoms with Gasteiger partial charge in [0, 0.05) is 24.0 Å². The molecule has 0 bridgehead atoms. The van der Waals surface area contributed by atoms with E-state index in [1.807, 2.05) is 24.3 Å². The van der Waals surface area contributed by atoms with E-state index in [-0.39, 0.29) is 30.7 Å². The van der Waals surface area contributed by atoms with E-state index in [0.717, 1.165) is 11.1 Å². The lowest BCUT2D eigenvalue weighted by molar-refractivity contribution is -0.129. The average Bonchev–Trinajstić information content (AvgIpc) is 3.29. The number of hydrogen-bond acceptors (Lipinski definition) is 8. The molecule has 0 radical (unpaired) electrons. The lowest BCUT2D eigenvalue weighted by atomic mass is 9.85. The summed E-state index contributed by atoms with van der Waals surface area (Å²) in [6, 6.07) is 18.2. The SMILES string of the molecule is CON=C1CN(C(=O)c2ccc(-c3ccccc3OC)cc2)C(CC(O)c2ccc(O)c(O)c2)(C(N)=O)C1. The maximum absolute atomic E-state index is 13.7. The highest BCUT2D eigenvalue weighted by molar-refractivity contribution is 6.07. The van der Waals surface area contributed by atoms with E-state index in [2.05, 4.69) is 5.16 Å². The van der Waals surface area contributed by atoms with E-state index in [9.17, 15) is 24.9 Å². The van der Waals surface area contributed by atoms with Crippen LogP contribution in [0.3, 0.4) is 0 Å². The van der Waals surface area contributed by atoms with Gasteiger partial charge >= 0.3 is 0 Å². The van der Waals surface area contributed by atoms with Gasteiger partial charge in [-0.25, -0.2) is 0 Å². The number of benzene rings is 3. The van der Waals surface area contributed by atoms with Crippen LogP contribution in [0.2, 0.25) is 0 Å². The third kappa shape index (κ3) is 4.98. The van der Waals surface area contributed by atoms with Gasteiger partial charge in [0.2, 0.25) is 5.91 Å². The van der Waals surface area contributed by atoms with Crippen LogP contribution in [0.1, 0.15) is 34.9 Å². The molecule has 10 heteroatoms. The molecule has 0 aromatic heterocycles. The Hall–Kier alpha value is -4.57. The van der Waals surface area contributed by atoms with Gasteiger partial charge in [-0.1, -0.05) is 41.6 Å². The van der Waals surface area contributed by atoms with Crippen LogP contribution in [0, 0.1) is 0 Å². The molecule has 38 heavy (non-hydrogen) atoms. The second-order valence-electron chi connectivity index (χ2n) is 9.05. The minimum absolute atomic E-state index is 0.0303. The molecular weight excluding hydrogens is 490 g/mol. The van der Waals surface area contributed by atoms with Crippen molar-refractivity contribution in [3.8, 4) is 28.4 Å². The Kier molecular flexibility index (Phi) is 7.54. The third-order valence-corrected chi connectivity index (χ3v) is 6.74. The summed E-state index contributed by atoms with van der Waals surface area (Å²) in [5.74, 6) is -1.38. The molecule has 2 amide bonds. The number of aliphatic hydroxyl groups excluding tert-OH is 1. The highest BCUT2D eigenvalue weighted by Gasteiger charge is 2.52. The molecule has 0 saturated carbocycles. The normalized spacial score (nSPS) is 18.8. The number of phenolic OH excluding ortho intramolecular Hbond substituents is 2. The number of methoxy groups -OCH3 is 1. The number of nitrogens with two attached hydrogens (primary N) is 1. The Morgan fingerprint density at radius 1 is 1.05 bits per heavy atom. The molecule has 1 saturated heterocycles. The largest absolute Gasteiger partial charge is 0.504 e. The van der Waals surface area contributed by atoms with Gasteiger partial charge in [0.05, 0.1) is 25.5 Å². The number of ether oxygens (including phenoxy) is 1. The number of primary amides is 1. The molecule has 1 fully saturated rings. The fourth-order valence-electron chi connectivity index (χ4n) is 4.80. The van der Waals surface area contributed by atoms with Crippen molar-refractivity contribution < 1.29 is 34.5 Å². The molecule has 2 unspecified atom stereocenters. The molecule has 3 aromatic rings. The van der Waals surface area contributed by atoms with Crippen molar-refractivity contribution in [1.82, 2.24) is 4.90 Å². The second kappa shape index (κ2) is 10.8. The van der Waals surface area contributed by atoms with Crippen LogP contribution in [0.25, 0.3) is 11.1 Å². The van der Waals surface area contributed by atoms with Crippen molar-refractivity contribution in [1.29, 1.82) is 0 Å². The van der Waals surface area contributed by atoms with Gasteiger partial charge in [-0.3, -0.25) is 9.59 Å². The summed E-state index contributed by atoms with van der Waals surface area (Å²) in [6.45, 7) is -0.0303. The van der Waals surface area contributed by atoms with Crippen LogP contribution in [-0.2, 0) is 9.63 Å². The van der Waals surface area contributed by atoms with Crippen molar-refractivity contribution in [3.05, 3.63) is 77.9 Å². The average molecular weight is 520 g/mol. The molecule has 3 aromatic carbocycles. The molecule has 4 rings (SSSR count). The lowest BCUT2D eigenvalue weighted by Crippen LogP contribution is -2.56. The van der Waals surface area contributed by atoms with Crippen LogP contribution in [-0.4, -0.2) is 64.0 Å². The fourth-order valence-corrected chi connectivity index (χ4v) is 4.80. The van der Waals surface area contributed by atoms with E-state index in [1.165, 1.54) is 30.2 Å². The van der Waals surface area contributed by atoms with Crippen LogP contribution >= 0.6 is 0 Å². The number of oxime groups is 1. The van der Waals surface area contributed by atoms with Crippen LogP contribution < -0.4 is 10.5 Å². The zero-order valence-electron chi connectivity index (χ0n) is 21.0. The molecular formula is C28H29N3O7. The van der Waals surface area contributed by atoms with Crippen LogP contribution in [0.5, 0.6) is 17.2 Å². The zero-order chi connectivity index (χ0) is 27.4. The summed E-state index contributed by atoms with van der Waals surface area (Å²) in [5.41, 5.74) is 6.90. The Morgan fingerprint density at radius 3 is 2.39 bits per heavy atom. The van der Waals surface area contributed by atoms with Gasteiger partial charge in [0.25, 0.3) is 5.91 Å². The summed E-state index contributed by atoms with van der Waals surface area (Å²) in [6.07, 6.45) is -1.60. The number of carbonyl (C=O) groups is 2. The van der Waals surface area contributed by atoms with Crippen molar-refractivity contribution >= 4 is 17.5 Å². The molecule has 2 atom stereocenters. The molecule has 198 valence electrons. The maximum Gasteiger partial charge on any atom is 0.255 e. The van der Waals surface area contributed by atoms with Crippen LogP contribution in [0.15, 0.2) is 71.9 Å². The Labute approximate surface area is 219 Å². The Morgan fingerprint density at radius 2 is 1.76 bits per heavy atom. The van der Waals surface area contributed by atoms with E-state index >= 15 is 0 Å². The predicted octanol–water partition coefficient (Wildman–Crippen LogP) is 2.97. The number of phenols is 2. The summed E-state index contributed by atoms with van der Waals surface area (Å²) >= 11 is 0. The monoisotopic (exact) mass is 519 g/mol. The number of para-hydroxylation sites is 1. The van der Waals surface area contributed by atoms with Crippen molar-refractivity contribution in [2.45, 2.75) is 24.5 Å². The van der Waals surface area contributed by atoms with Gasteiger partial charge in [0.1, 0.15) is 18.4 Å². The zero-order valence-corrected chi connectivity index (χ0v) is 21.0. The first-order valence-corrected chi connectivity index (χ1v) is 11.8. The number of amides is 2. The maximum atomic E-state index is 13.7. The Bertz CT molecular complexity index is 1370. The van der Waals surface area contributed by atoms with E-state index < -0.39 is 29.2 Å². The van der Waals surface area contributed by atoms with Gasteiger partial charge in [-0.2, -0.15) is 0 Å². The number of aromatic hydroxyl groups is 2. The second-order valence-corrected chi connectivity index (χ2v) is 9.05. The van der Waals surface area contributed by atoms with Gasteiger partial charge in [0.15, 0.2) is 11.5 Å². The smallest absolute Gasteiger partial charge is 0.255 e. The molecule has 0 spiro atoms. The van der Waals surface area contributed by atoms with Crippen molar-refractivity contribution in [2.75, 3.05) is 20.8 Å². The highest BCUT2D eigenvalue weighted by Crippen LogP contribution is 2.39. The molecule has 0 aliphatic carbocycles. The molecule has 5 N–H and O–H groups in total. The number of carbonyl (C=O) groups excluding carboxylic acids is 2. The number of rotatable bonds is 8. The van der Waals surface area contributed by atoms with E-state index in [4.69, 9.17) is 15.3 Å². The number of likely N-dealkylation sites (tertiary alicyclic amines) is 1. The fraction of sp³-hybridized carbons (Fsp3) is 0.250. The molecule has 1 aliphatic heterocycles. The number of nitrogens with zero attached hydrogens (tertiary/aromatic N) is 2. The van der Waals surface area contributed by atoms with Crippen molar-refractivity contribution in [3.63, 3.8) is 0 Å². The molecule has 10 nitrogen and oxygen atoms in total. The molecule has 1 aliphatic rings. The highest BCUT2D eigenvalue weighted by atomic mass is 16.6. The minimum atomic E-state index is -1.62. The summed E-state index contributed by atoms with van der Waals surface area (Å²) in [7, 11) is 2.94.